The Bertz CT molecular complexity index is 118. The van der Waals surface area contributed by atoms with Gasteiger partial charge in [-0.05, 0) is 20.8 Å². The van der Waals surface area contributed by atoms with Crippen LogP contribution in [-0.2, 0) is 9.53 Å². The first-order chi connectivity index (χ1) is 4.54. The Morgan fingerprint density at radius 1 is 1.70 bits per heavy atom. The maximum Gasteiger partial charge on any atom is 0.314 e. The molecule has 1 N–H and O–H groups in total. The van der Waals surface area contributed by atoms with Gasteiger partial charge in [-0.3, -0.25) is 4.79 Å². The number of aliphatic hydroxyl groups excluding tert-OH is 1. The van der Waals surface area contributed by atoms with Crippen LogP contribution in [0.3, 0.4) is 0 Å². The summed E-state index contributed by atoms with van der Waals surface area (Å²) >= 11 is 0. The molecule has 3 nitrogen and oxygen atoms in total. The summed E-state index contributed by atoms with van der Waals surface area (Å²) in [6, 6.07) is 0. The third-order valence-corrected chi connectivity index (χ3v) is 1.17. The van der Waals surface area contributed by atoms with Crippen LogP contribution < -0.4 is 0 Å². The van der Waals surface area contributed by atoms with Gasteiger partial charge in [-0.15, -0.1) is 0 Å². The van der Waals surface area contributed by atoms with Crippen LogP contribution in [0.25, 0.3) is 0 Å². The number of esters is 1. The summed E-state index contributed by atoms with van der Waals surface area (Å²) < 4.78 is 4.57. The van der Waals surface area contributed by atoms with Crippen molar-refractivity contribution in [2.75, 3.05) is 6.61 Å². The summed E-state index contributed by atoms with van der Waals surface area (Å²) in [7, 11) is 0. The molecule has 0 aromatic heterocycles. The van der Waals surface area contributed by atoms with Crippen LogP contribution in [0.1, 0.15) is 20.8 Å². The van der Waals surface area contributed by atoms with Crippen molar-refractivity contribution in [1.29, 1.82) is 0 Å². The second-order valence-corrected chi connectivity index (χ2v) is 2.68. The normalized spacial score (nSPS) is 11.2. The molecule has 10 heavy (non-hydrogen) atoms. The quantitative estimate of drug-likeness (QED) is 0.595. The molecule has 0 rings (SSSR count). The van der Waals surface area contributed by atoms with Gasteiger partial charge < -0.3 is 9.84 Å². The lowest BCUT2D eigenvalue weighted by Crippen LogP contribution is -2.29. The fraction of sp³-hybridized carbons (Fsp3) is 0.714. The van der Waals surface area contributed by atoms with Crippen molar-refractivity contribution in [3.8, 4) is 0 Å². The summed E-state index contributed by atoms with van der Waals surface area (Å²) in [6.07, 6.45) is 0. The topological polar surface area (TPSA) is 46.5 Å². The highest BCUT2D eigenvalue weighted by atomic mass is 16.5. The van der Waals surface area contributed by atoms with E-state index in [4.69, 9.17) is 5.11 Å². The molecule has 0 fully saturated rings. The van der Waals surface area contributed by atoms with Crippen molar-refractivity contribution in [3.63, 3.8) is 0 Å². The standard InChI is InChI=1S/C7H13O3/c1-4-10-6(9)7(2,3)5-8/h4,8H,5H2,1-3H3. The summed E-state index contributed by atoms with van der Waals surface area (Å²) in [5.41, 5.74) is -0.785. The Morgan fingerprint density at radius 3 is 2.50 bits per heavy atom. The molecule has 0 bridgehead atoms. The van der Waals surface area contributed by atoms with Crippen LogP contribution in [0.5, 0.6) is 0 Å². The number of rotatable bonds is 3. The highest BCUT2D eigenvalue weighted by Crippen LogP contribution is 2.15. The first-order valence-electron chi connectivity index (χ1n) is 3.14. The smallest absolute Gasteiger partial charge is 0.314 e. The fourth-order valence-electron chi connectivity index (χ4n) is 0.331. The molecule has 0 spiro atoms. The van der Waals surface area contributed by atoms with Crippen LogP contribution in [0.4, 0.5) is 0 Å². The van der Waals surface area contributed by atoms with E-state index in [1.165, 1.54) is 6.61 Å². The molecule has 3 heteroatoms. The van der Waals surface area contributed by atoms with Gasteiger partial charge in [-0.2, -0.15) is 0 Å². The molecule has 0 atom stereocenters. The van der Waals surface area contributed by atoms with E-state index in [0.29, 0.717) is 0 Å². The van der Waals surface area contributed by atoms with Gasteiger partial charge in [0.05, 0.1) is 12.0 Å². The minimum absolute atomic E-state index is 0.195. The van der Waals surface area contributed by atoms with E-state index in [-0.39, 0.29) is 6.61 Å². The van der Waals surface area contributed by atoms with Crippen LogP contribution in [0, 0.1) is 12.0 Å². The lowest BCUT2D eigenvalue weighted by molar-refractivity contribution is -0.152. The van der Waals surface area contributed by atoms with E-state index in [2.05, 4.69) is 4.74 Å². The van der Waals surface area contributed by atoms with Crippen LogP contribution >= 0.6 is 0 Å². The molecule has 0 amide bonds. The van der Waals surface area contributed by atoms with Gasteiger partial charge in [-0.25, -0.2) is 0 Å². The Morgan fingerprint density at radius 2 is 2.20 bits per heavy atom. The Labute approximate surface area is 61.0 Å². The molecule has 0 unspecified atom stereocenters. The molecular weight excluding hydrogens is 132 g/mol. The lowest BCUT2D eigenvalue weighted by Gasteiger charge is -2.17. The first kappa shape index (κ1) is 9.43. The van der Waals surface area contributed by atoms with Gasteiger partial charge in [0, 0.05) is 0 Å². The summed E-state index contributed by atoms with van der Waals surface area (Å²) in [6.45, 7) is 5.97. The van der Waals surface area contributed by atoms with Crippen molar-refractivity contribution in [3.05, 3.63) is 6.61 Å². The zero-order valence-electron chi connectivity index (χ0n) is 6.55. The predicted molar refractivity (Wildman–Crippen MR) is 36.9 cm³/mol. The number of hydrogen-bond acceptors (Lipinski definition) is 3. The van der Waals surface area contributed by atoms with Crippen molar-refractivity contribution < 1.29 is 14.6 Å². The summed E-state index contributed by atoms with van der Waals surface area (Å²) in [5.74, 6) is -0.405. The molecular formula is C7H13O3. The molecule has 1 radical (unpaired) electrons. The zero-order valence-corrected chi connectivity index (χ0v) is 6.55. The average Bonchev–Trinajstić information content (AvgIpc) is 1.89. The largest absolute Gasteiger partial charge is 0.458 e. The van der Waals surface area contributed by atoms with Crippen molar-refractivity contribution >= 4 is 5.97 Å². The van der Waals surface area contributed by atoms with Gasteiger partial charge in [0.1, 0.15) is 6.61 Å². The zero-order chi connectivity index (χ0) is 8.20. The molecule has 0 saturated heterocycles. The monoisotopic (exact) mass is 145 g/mol. The van der Waals surface area contributed by atoms with Crippen molar-refractivity contribution in [2.24, 2.45) is 5.41 Å². The Hall–Kier alpha value is -0.570. The highest BCUT2D eigenvalue weighted by Gasteiger charge is 2.27. The van der Waals surface area contributed by atoms with Gasteiger partial charge in [0.25, 0.3) is 0 Å². The second kappa shape index (κ2) is 3.56. The molecule has 0 aliphatic rings. The van der Waals surface area contributed by atoms with Crippen LogP contribution in [-0.4, -0.2) is 17.7 Å². The summed E-state index contributed by atoms with van der Waals surface area (Å²) in [4.78, 5) is 10.9. The molecule has 0 aromatic rings. The van der Waals surface area contributed by atoms with E-state index in [1.807, 2.05) is 0 Å². The third-order valence-electron chi connectivity index (χ3n) is 1.17. The van der Waals surface area contributed by atoms with Gasteiger partial charge in [-0.1, -0.05) is 0 Å². The van der Waals surface area contributed by atoms with Gasteiger partial charge in [0.15, 0.2) is 0 Å². The molecule has 0 aliphatic heterocycles. The average molecular weight is 145 g/mol. The number of carbonyl (C=O) groups is 1. The predicted octanol–water partition coefficient (Wildman–Crippen LogP) is 0.730. The third kappa shape index (κ3) is 2.35. The van der Waals surface area contributed by atoms with Crippen LogP contribution in [0.2, 0.25) is 0 Å². The maximum absolute atomic E-state index is 10.9. The maximum atomic E-state index is 10.9. The highest BCUT2D eigenvalue weighted by molar-refractivity contribution is 5.76. The fourth-order valence-corrected chi connectivity index (χ4v) is 0.331. The van der Waals surface area contributed by atoms with Crippen molar-refractivity contribution in [1.82, 2.24) is 0 Å². The number of ether oxygens (including phenoxy) is 1. The van der Waals surface area contributed by atoms with E-state index in [1.54, 1.807) is 20.8 Å². The molecule has 0 heterocycles. The SMILES string of the molecule is C[CH]OC(=O)C(C)(C)CO. The minimum atomic E-state index is -0.785. The summed E-state index contributed by atoms with van der Waals surface area (Å²) in [5, 5.41) is 8.68. The lowest BCUT2D eigenvalue weighted by atomic mass is 9.95. The number of aliphatic hydroxyl groups is 1. The van der Waals surface area contributed by atoms with E-state index in [0.717, 1.165) is 0 Å². The molecule has 0 aromatic carbocycles. The van der Waals surface area contributed by atoms with E-state index >= 15 is 0 Å². The number of hydrogen-bond donors (Lipinski definition) is 1. The van der Waals surface area contributed by atoms with Crippen molar-refractivity contribution in [2.45, 2.75) is 20.8 Å². The molecule has 0 aliphatic carbocycles. The minimum Gasteiger partial charge on any atom is -0.458 e. The van der Waals surface area contributed by atoms with Crippen LogP contribution in [0.15, 0.2) is 0 Å². The van der Waals surface area contributed by atoms with Gasteiger partial charge >= 0.3 is 5.97 Å². The van der Waals surface area contributed by atoms with Gasteiger partial charge in [0.2, 0.25) is 0 Å². The molecule has 59 valence electrons. The Balaban J connectivity index is 3.91. The van der Waals surface area contributed by atoms with E-state index in [9.17, 15) is 4.79 Å². The number of carbonyl (C=O) groups excluding carboxylic acids is 1. The molecule has 0 saturated carbocycles. The Kier molecular flexibility index (Phi) is 3.36. The van der Waals surface area contributed by atoms with E-state index < -0.39 is 11.4 Å². The first-order valence-corrected chi connectivity index (χ1v) is 3.14. The second-order valence-electron chi connectivity index (χ2n) is 2.68.